The molecule has 0 bridgehead atoms. The summed E-state index contributed by atoms with van der Waals surface area (Å²) in [6, 6.07) is 6.98. The molecule has 0 nitrogen and oxygen atoms in total. The van der Waals surface area contributed by atoms with Crippen molar-refractivity contribution in [1.82, 2.24) is 0 Å². The smallest absolute Gasteiger partial charge is 0.0129 e. The van der Waals surface area contributed by atoms with Crippen molar-refractivity contribution < 1.29 is 0 Å². The fourth-order valence-corrected chi connectivity index (χ4v) is 2.00. The number of benzene rings is 1. The largest absolute Gasteiger partial charge is 0.0613 e. The maximum Gasteiger partial charge on any atom is -0.0129 e. The average molecular weight is 204 g/mol. The second kappa shape index (κ2) is 4.38. The van der Waals surface area contributed by atoms with Crippen LogP contribution in [0.1, 0.15) is 64.2 Å². The number of hydrogen-bond donors (Lipinski definition) is 0. The number of aryl methyl sites for hydroxylation is 1. The highest BCUT2D eigenvalue weighted by Gasteiger charge is 2.17. The molecule has 0 amide bonds. The summed E-state index contributed by atoms with van der Waals surface area (Å²) in [4.78, 5) is 0. The SMILES string of the molecule is CCc1cc(C(C)C)ccc1C(C)(C)C. The Morgan fingerprint density at radius 2 is 1.73 bits per heavy atom. The first-order chi connectivity index (χ1) is 6.86. The summed E-state index contributed by atoms with van der Waals surface area (Å²) in [5, 5.41) is 0. The van der Waals surface area contributed by atoms with Crippen LogP contribution in [0, 0.1) is 0 Å². The van der Waals surface area contributed by atoms with E-state index in [-0.39, 0.29) is 5.41 Å². The van der Waals surface area contributed by atoms with Gasteiger partial charge in [0.05, 0.1) is 0 Å². The van der Waals surface area contributed by atoms with E-state index >= 15 is 0 Å². The minimum Gasteiger partial charge on any atom is -0.0613 e. The van der Waals surface area contributed by atoms with Crippen LogP contribution >= 0.6 is 0 Å². The highest BCUT2D eigenvalue weighted by molar-refractivity contribution is 5.37. The Hall–Kier alpha value is -0.780. The summed E-state index contributed by atoms with van der Waals surface area (Å²) in [6.07, 6.45) is 1.13. The number of hydrogen-bond acceptors (Lipinski definition) is 0. The molecule has 1 aromatic rings. The van der Waals surface area contributed by atoms with E-state index in [9.17, 15) is 0 Å². The van der Waals surface area contributed by atoms with Gasteiger partial charge >= 0.3 is 0 Å². The zero-order valence-electron chi connectivity index (χ0n) is 11.0. The zero-order chi connectivity index (χ0) is 11.6. The molecule has 0 aliphatic rings. The lowest BCUT2D eigenvalue weighted by Gasteiger charge is -2.23. The van der Waals surface area contributed by atoms with Gasteiger partial charge in [-0.2, -0.15) is 0 Å². The lowest BCUT2D eigenvalue weighted by molar-refractivity contribution is 0.582. The van der Waals surface area contributed by atoms with Crippen LogP contribution in [0.2, 0.25) is 0 Å². The summed E-state index contributed by atoms with van der Waals surface area (Å²) in [5.74, 6) is 0.629. The molecule has 0 aliphatic heterocycles. The van der Waals surface area contributed by atoms with Gasteiger partial charge in [-0.15, -0.1) is 0 Å². The van der Waals surface area contributed by atoms with Crippen molar-refractivity contribution in [2.75, 3.05) is 0 Å². The lowest BCUT2D eigenvalue weighted by atomic mass is 9.81. The van der Waals surface area contributed by atoms with Gasteiger partial charge in [0.1, 0.15) is 0 Å². The Morgan fingerprint density at radius 3 is 2.13 bits per heavy atom. The van der Waals surface area contributed by atoms with Crippen LogP contribution in [-0.4, -0.2) is 0 Å². The van der Waals surface area contributed by atoms with Gasteiger partial charge in [-0.3, -0.25) is 0 Å². The normalized spacial score (nSPS) is 12.2. The minimum atomic E-state index is 0.265. The Bertz CT molecular complexity index is 326. The van der Waals surface area contributed by atoms with Gasteiger partial charge in [-0.05, 0) is 34.4 Å². The fourth-order valence-electron chi connectivity index (χ4n) is 2.00. The second-order valence-electron chi connectivity index (χ2n) is 5.67. The Kier molecular flexibility index (Phi) is 3.59. The molecule has 0 N–H and O–H groups in total. The molecule has 84 valence electrons. The van der Waals surface area contributed by atoms with Crippen LogP contribution in [0.25, 0.3) is 0 Å². The molecule has 0 aromatic heterocycles. The summed E-state index contributed by atoms with van der Waals surface area (Å²) < 4.78 is 0. The van der Waals surface area contributed by atoms with Crippen LogP contribution in [0.5, 0.6) is 0 Å². The standard InChI is InChI=1S/C15H24/c1-7-12-10-13(11(2)3)8-9-14(12)15(4,5)6/h8-11H,7H2,1-6H3. The van der Waals surface area contributed by atoms with Crippen molar-refractivity contribution in [3.8, 4) is 0 Å². The average Bonchev–Trinajstić information content (AvgIpc) is 2.15. The predicted molar refractivity (Wildman–Crippen MR) is 68.6 cm³/mol. The van der Waals surface area contributed by atoms with Crippen molar-refractivity contribution in [3.05, 3.63) is 34.9 Å². The Balaban J connectivity index is 3.21. The summed E-state index contributed by atoms with van der Waals surface area (Å²) in [7, 11) is 0. The highest BCUT2D eigenvalue weighted by atomic mass is 14.2. The quantitative estimate of drug-likeness (QED) is 0.656. The molecular formula is C15H24. The molecule has 0 aliphatic carbocycles. The van der Waals surface area contributed by atoms with E-state index < -0.39 is 0 Å². The van der Waals surface area contributed by atoms with Crippen molar-refractivity contribution in [2.45, 2.75) is 59.3 Å². The second-order valence-corrected chi connectivity index (χ2v) is 5.67. The maximum absolute atomic E-state index is 2.38. The first kappa shape index (κ1) is 12.3. The summed E-state index contributed by atoms with van der Waals surface area (Å²) in [5.41, 5.74) is 4.73. The van der Waals surface area contributed by atoms with Crippen LogP contribution in [0.3, 0.4) is 0 Å². The molecule has 0 fully saturated rings. The molecule has 1 aromatic carbocycles. The van der Waals surface area contributed by atoms with Crippen molar-refractivity contribution in [3.63, 3.8) is 0 Å². The molecule has 0 heteroatoms. The molecule has 1 rings (SSSR count). The summed E-state index contributed by atoms with van der Waals surface area (Å²) in [6.45, 7) is 13.6. The van der Waals surface area contributed by atoms with Gasteiger partial charge < -0.3 is 0 Å². The zero-order valence-corrected chi connectivity index (χ0v) is 11.0. The van der Waals surface area contributed by atoms with Crippen molar-refractivity contribution in [1.29, 1.82) is 0 Å². The molecule has 0 unspecified atom stereocenters. The molecular weight excluding hydrogens is 180 g/mol. The maximum atomic E-state index is 2.38. The van der Waals surface area contributed by atoms with Crippen molar-refractivity contribution >= 4 is 0 Å². The van der Waals surface area contributed by atoms with Gasteiger partial charge in [0.25, 0.3) is 0 Å². The van der Waals surface area contributed by atoms with E-state index in [0.29, 0.717) is 5.92 Å². The molecule has 0 atom stereocenters. The van der Waals surface area contributed by atoms with Crippen LogP contribution in [-0.2, 0) is 11.8 Å². The monoisotopic (exact) mass is 204 g/mol. The topological polar surface area (TPSA) is 0 Å². The number of rotatable bonds is 2. The molecule has 0 spiro atoms. The van der Waals surface area contributed by atoms with E-state index in [1.807, 2.05) is 0 Å². The highest BCUT2D eigenvalue weighted by Crippen LogP contribution is 2.28. The molecule has 0 saturated heterocycles. The Labute approximate surface area is 94.7 Å². The molecule has 15 heavy (non-hydrogen) atoms. The predicted octanol–water partition coefficient (Wildman–Crippen LogP) is 4.67. The van der Waals surface area contributed by atoms with Crippen LogP contribution < -0.4 is 0 Å². The fraction of sp³-hybridized carbons (Fsp3) is 0.600. The van der Waals surface area contributed by atoms with Gasteiger partial charge in [0, 0.05) is 0 Å². The molecule has 0 heterocycles. The van der Waals surface area contributed by atoms with Crippen LogP contribution in [0.15, 0.2) is 18.2 Å². The Morgan fingerprint density at radius 1 is 1.13 bits per heavy atom. The summed E-state index contributed by atoms with van der Waals surface area (Å²) >= 11 is 0. The third-order valence-corrected chi connectivity index (χ3v) is 2.98. The van der Waals surface area contributed by atoms with Gasteiger partial charge in [-0.1, -0.05) is 59.7 Å². The van der Waals surface area contributed by atoms with E-state index in [1.165, 1.54) is 16.7 Å². The molecule has 0 radical (unpaired) electrons. The van der Waals surface area contributed by atoms with Crippen molar-refractivity contribution in [2.24, 2.45) is 0 Å². The van der Waals surface area contributed by atoms with E-state index in [0.717, 1.165) is 6.42 Å². The lowest BCUT2D eigenvalue weighted by Crippen LogP contribution is -2.14. The minimum absolute atomic E-state index is 0.265. The van der Waals surface area contributed by atoms with E-state index in [1.54, 1.807) is 0 Å². The van der Waals surface area contributed by atoms with E-state index in [2.05, 4.69) is 59.7 Å². The first-order valence-corrected chi connectivity index (χ1v) is 5.99. The third kappa shape index (κ3) is 2.84. The third-order valence-electron chi connectivity index (χ3n) is 2.98. The van der Waals surface area contributed by atoms with Gasteiger partial charge in [0.2, 0.25) is 0 Å². The van der Waals surface area contributed by atoms with Gasteiger partial charge in [-0.25, -0.2) is 0 Å². The van der Waals surface area contributed by atoms with Gasteiger partial charge in [0.15, 0.2) is 0 Å². The van der Waals surface area contributed by atoms with E-state index in [4.69, 9.17) is 0 Å². The van der Waals surface area contributed by atoms with Crippen LogP contribution in [0.4, 0.5) is 0 Å². The molecule has 0 saturated carbocycles. The first-order valence-electron chi connectivity index (χ1n) is 5.99.